The van der Waals surface area contributed by atoms with E-state index in [9.17, 15) is 14.0 Å². The Morgan fingerprint density at radius 1 is 1.54 bits per heavy atom. The Bertz CT molecular complexity index is 347. The Balaban J connectivity index is 3.07. The first-order valence-electron chi connectivity index (χ1n) is 3.59. The molecule has 3 nitrogen and oxygen atoms in total. The van der Waals surface area contributed by atoms with Gasteiger partial charge in [0.15, 0.2) is 0 Å². The molecule has 1 aromatic carbocycles. The van der Waals surface area contributed by atoms with Gasteiger partial charge in [-0.2, -0.15) is 0 Å². The molecular weight excluding hydrogens is 175 g/mol. The summed E-state index contributed by atoms with van der Waals surface area (Å²) in [5.41, 5.74) is 0.409. The van der Waals surface area contributed by atoms with Crippen molar-refractivity contribution in [3.05, 3.63) is 35.1 Å². The molecule has 0 amide bonds. The van der Waals surface area contributed by atoms with Gasteiger partial charge in [0.2, 0.25) is 0 Å². The summed E-state index contributed by atoms with van der Waals surface area (Å²) in [6.07, 6.45) is 0.170. The molecule has 1 rings (SSSR count). The van der Waals surface area contributed by atoms with E-state index in [4.69, 9.17) is 5.11 Å². The third-order valence-electron chi connectivity index (χ3n) is 1.57. The summed E-state index contributed by atoms with van der Waals surface area (Å²) in [4.78, 5) is 20.7. The number of carbonyl (C=O) groups is 2. The van der Waals surface area contributed by atoms with E-state index < -0.39 is 11.8 Å². The summed E-state index contributed by atoms with van der Waals surface area (Å²) >= 11 is 0. The minimum atomic E-state index is -1.09. The molecule has 68 valence electrons. The summed E-state index contributed by atoms with van der Waals surface area (Å²) in [6.45, 7) is 0. The van der Waals surface area contributed by atoms with Crippen LogP contribution in [-0.4, -0.2) is 17.4 Å². The van der Waals surface area contributed by atoms with Crippen molar-refractivity contribution < 1.29 is 19.1 Å². The van der Waals surface area contributed by atoms with E-state index in [1.807, 2.05) is 0 Å². The summed E-state index contributed by atoms with van der Waals surface area (Å²) < 4.78 is 12.6. The zero-order chi connectivity index (χ0) is 9.84. The standard InChI is InChI=1S/C9H7FO3/c10-8-2-1-6(5-11)7(3-8)4-9(12)13/h1-3,5H,4H2,(H,12,13). The van der Waals surface area contributed by atoms with Crippen molar-refractivity contribution in [1.29, 1.82) is 0 Å². The molecule has 0 radical (unpaired) electrons. The third-order valence-corrected chi connectivity index (χ3v) is 1.57. The van der Waals surface area contributed by atoms with E-state index in [0.29, 0.717) is 6.29 Å². The van der Waals surface area contributed by atoms with Crippen molar-refractivity contribution in [2.45, 2.75) is 6.42 Å². The van der Waals surface area contributed by atoms with Gasteiger partial charge in [0.05, 0.1) is 6.42 Å². The minimum Gasteiger partial charge on any atom is -0.481 e. The van der Waals surface area contributed by atoms with Crippen LogP contribution < -0.4 is 0 Å². The van der Waals surface area contributed by atoms with E-state index >= 15 is 0 Å². The minimum absolute atomic E-state index is 0.197. The number of hydrogen-bond donors (Lipinski definition) is 1. The molecule has 1 N–H and O–H groups in total. The molecule has 13 heavy (non-hydrogen) atoms. The molecule has 0 spiro atoms. The van der Waals surface area contributed by atoms with Crippen LogP contribution in [0.3, 0.4) is 0 Å². The van der Waals surface area contributed by atoms with Crippen LogP contribution in [-0.2, 0) is 11.2 Å². The molecule has 0 atom stereocenters. The lowest BCUT2D eigenvalue weighted by Crippen LogP contribution is -2.03. The smallest absolute Gasteiger partial charge is 0.307 e. The molecule has 0 saturated carbocycles. The van der Waals surface area contributed by atoms with Gasteiger partial charge in [-0.05, 0) is 23.8 Å². The average molecular weight is 182 g/mol. The number of carboxylic acids is 1. The number of carbonyl (C=O) groups excluding carboxylic acids is 1. The number of aliphatic carboxylic acids is 1. The lowest BCUT2D eigenvalue weighted by Gasteiger charge is -2.00. The first-order valence-corrected chi connectivity index (χ1v) is 3.59. The summed E-state index contributed by atoms with van der Waals surface area (Å²) in [7, 11) is 0. The monoisotopic (exact) mass is 182 g/mol. The number of halogens is 1. The predicted molar refractivity (Wildman–Crippen MR) is 43.1 cm³/mol. The quantitative estimate of drug-likeness (QED) is 0.716. The number of rotatable bonds is 3. The van der Waals surface area contributed by atoms with Gasteiger partial charge in [-0.1, -0.05) is 0 Å². The SMILES string of the molecule is O=Cc1ccc(F)cc1CC(=O)O. The van der Waals surface area contributed by atoms with Gasteiger partial charge in [0.1, 0.15) is 12.1 Å². The Hall–Kier alpha value is -1.71. The van der Waals surface area contributed by atoms with Gasteiger partial charge in [0, 0.05) is 5.56 Å². The van der Waals surface area contributed by atoms with Gasteiger partial charge < -0.3 is 5.11 Å². The van der Waals surface area contributed by atoms with E-state index in [0.717, 1.165) is 12.1 Å². The average Bonchev–Trinajstić information content (AvgIpc) is 2.03. The molecule has 0 aliphatic heterocycles. The van der Waals surface area contributed by atoms with Crippen LogP contribution in [0.4, 0.5) is 4.39 Å². The van der Waals surface area contributed by atoms with Crippen LogP contribution in [0.2, 0.25) is 0 Å². The Kier molecular flexibility index (Phi) is 2.74. The maximum atomic E-state index is 12.6. The molecule has 0 aromatic heterocycles. The zero-order valence-electron chi connectivity index (χ0n) is 6.66. The summed E-state index contributed by atoms with van der Waals surface area (Å²) in [6, 6.07) is 3.44. The van der Waals surface area contributed by atoms with E-state index in [-0.39, 0.29) is 17.5 Å². The Morgan fingerprint density at radius 2 is 2.23 bits per heavy atom. The fourth-order valence-corrected chi connectivity index (χ4v) is 1.01. The topological polar surface area (TPSA) is 54.4 Å². The molecular formula is C9H7FO3. The van der Waals surface area contributed by atoms with Crippen LogP contribution in [0.1, 0.15) is 15.9 Å². The maximum Gasteiger partial charge on any atom is 0.307 e. The molecule has 1 aromatic rings. The van der Waals surface area contributed by atoms with Crippen LogP contribution in [0.25, 0.3) is 0 Å². The van der Waals surface area contributed by atoms with Crippen LogP contribution in [0.15, 0.2) is 18.2 Å². The fourth-order valence-electron chi connectivity index (χ4n) is 1.01. The molecule has 0 fully saturated rings. The zero-order valence-corrected chi connectivity index (χ0v) is 6.66. The van der Waals surface area contributed by atoms with Crippen molar-refractivity contribution in [2.24, 2.45) is 0 Å². The molecule has 0 bridgehead atoms. The van der Waals surface area contributed by atoms with Gasteiger partial charge in [0.25, 0.3) is 0 Å². The predicted octanol–water partition coefficient (Wildman–Crippen LogP) is 1.27. The summed E-state index contributed by atoms with van der Waals surface area (Å²) in [5.74, 6) is -1.63. The number of benzene rings is 1. The summed E-state index contributed by atoms with van der Waals surface area (Å²) in [5, 5.41) is 8.44. The lowest BCUT2D eigenvalue weighted by molar-refractivity contribution is -0.136. The van der Waals surface area contributed by atoms with Crippen molar-refractivity contribution in [2.75, 3.05) is 0 Å². The van der Waals surface area contributed by atoms with Crippen LogP contribution in [0, 0.1) is 5.82 Å². The second-order valence-electron chi connectivity index (χ2n) is 2.53. The van der Waals surface area contributed by atoms with Crippen molar-refractivity contribution in [3.8, 4) is 0 Å². The third kappa shape index (κ3) is 2.37. The van der Waals surface area contributed by atoms with E-state index in [2.05, 4.69) is 0 Å². The number of aldehydes is 1. The van der Waals surface area contributed by atoms with Gasteiger partial charge in [-0.3, -0.25) is 9.59 Å². The number of hydrogen-bond acceptors (Lipinski definition) is 2. The largest absolute Gasteiger partial charge is 0.481 e. The molecule has 4 heteroatoms. The highest BCUT2D eigenvalue weighted by atomic mass is 19.1. The fraction of sp³-hybridized carbons (Fsp3) is 0.111. The first-order chi connectivity index (χ1) is 6.13. The number of carboxylic acid groups (broad SMARTS) is 1. The Morgan fingerprint density at radius 3 is 2.77 bits per heavy atom. The maximum absolute atomic E-state index is 12.6. The molecule has 0 aliphatic carbocycles. The van der Waals surface area contributed by atoms with Gasteiger partial charge >= 0.3 is 5.97 Å². The van der Waals surface area contributed by atoms with Crippen molar-refractivity contribution in [1.82, 2.24) is 0 Å². The Labute approximate surface area is 73.8 Å². The van der Waals surface area contributed by atoms with Crippen molar-refractivity contribution in [3.63, 3.8) is 0 Å². The first kappa shape index (κ1) is 9.38. The molecule has 0 aliphatic rings. The highest BCUT2D eigenvalue weighted by Gasteiger charge is 2.07. The lowest BCUT2D eigenvalue weighted by atomic mass is 10.1. The normalized spacial score (nSPS) is 9.62. The van der Waals surface area contributed by atoms with E-state index in [1.54, 1.807) is 0 Å². The second kappa shape index (κ2) is 3.80. The highest BCUT2D eigenvalue weighted by Crippen LogP contribution is 2.10. The van der Waals surface area contributed by atoms with Crippen LogP contribution >= 0.6 is 0 Å². The van der Waals surface area contributed by atoms with Gasteiger partial charge in [-0.15, -0.1) is 0 Å². The van der Waals surface area contributed by atoms with Crippen LogP contribution in [0.5, 0.6) is 0 Å². The highest BCUT2D eigenvalue weighted by molar-refractivity contribution is 5.81. The van der Waals surface area contributed by atoms with Gasteiger partial charge in [-0.25, -0.2) is 4.39 Å². The second-order valence-corrected chi connectivity index (χ2v) is 2.53. The molecule has 0 unspecified atom stereocenters. The molecule has 0 heterocycles. The van der Waals surface area contributed by atoms with E-state index in [1.165, 1.54) is 6.07 Å². The van der Waals surface area contributed by atoms with Crippen molar-refractivity contribution >= 4 is 12.3 Å². The molecule has 0 saturated heterocycles.